The first-order valence-electron chi connectivity index (χ1n) is 9.13. The molecule has 0 radical (unpaired) electrons. The number of aryl methyl sites for hydroxylation is 3. The van der Waals surface area contributed by atoms with Gasteiger partial charge in [0.1, 0.15) is 0 Å². The van der Waals surface area contributed by atoms with Crippen molar-refractivity contribution in [3.8, 4) is 11.1 Å². The minimum atomic E-state index is 0.809. The van der Waals surface area contributed by atoms with Gasteiger partial charge in [0.05, 0.1) is 5.69 Å². The minimum Gasteiger partial charge on any atom is -0.350 e. The molecule has 0 unspecified atom stereocenters. The van der Waals surface area contributed by atoms with Crippen molar-refractivity contribution in [3.63, 3.8) is 0 Å². The van der Waals surface area contributed by atoms with E-state index in [1.807, 2.05) is 35.6 Å². The summed E-state index contributed by atoms with van der Waals surface area (Å²) in [5.74, 6) is 1.01. The third-order valence-corrected chi connectivity index (χ3v) is 5.21. The van der Waals surface area contributed by atoms with E-state index in [4.69, 9.17) is 10.1 Å². The minimum absolute atomic E-state index is 0.809. The number of fused-ring (bicyclic) bond motifs is 2. The van der Waals surface area contributed by atoms with Gasteiger partial charge >= 0.3 is 0 Å². The molecule has 0 N–H and O–H groups in total. The van der Waals surface area contributed by atoms with E-state index in [9.17, 15) is 0 Å². The molecule has 0 spiro atoms. The summed E-state index contributed by atoms with van der Waals surface area (Å²) in [5.41, 5.74) is 7.74. The molecule has 5 heterocycles. The van der Waals surface area contributed by atoms with Crippen LogP contribution >= 0.6 is 0 Å². The predicted octanol–water partition coefficient (Wildman–Crippen LogP) is 2.70. The maximum Gasteiger partial charge on any atom is 0.153 e. The van der Waals surface area contributed by atoms with Crippen LogP contribution in [0.3, 0.4) is 0 Å². The Bertz CT molecular complexity index is 1150. The molecule has 0 saturated heterocycles. The zero-order valence-corrected chi connectivity index (χ0v) is 15.7. The summed E-state index contributed by atoms with van der Waals surface area (Å²) in [4.78, 5) is 11.4. The van der Waals surface area contributed by atoms with Crippen molar-refractivity contribution < 1.29 is 0 Å². The van der Waals surface area contributed by atoms with Gasteiger partial charge in [0.15, 0.2) is 11.5 Å². The van der Waals surface area contributed by atoms with E-state index in [0.29, 0.717) is 0 Å². The molecule has 0 amide bonds. The van der Waals surface area contributed by atoms with Gasteiger partial charge in [-0.25, -0.2) is 9.50 Å². The van der Waals surface area contributed by atoms with Crippen LogP contribution in [0.5, 0.6) is 0 Å². The number of nitrogens with zero attached hydrogens (tertiary/aromatic N) is 7. The Balaban J connectivity index is 1.52. The lowest BCUT2D eigenvalue weighted by atomic mass is 10.0. The van der Waals surface area contributed by atoms with Crippen LogP contribution in [0.15, 0.2) is 36.9 Å². The molecule has 5 rings (SSSR count). The van der Waals surface area contributed by atoms with Crippen molar-refractivity contribution in [2.75, 3.05) is 11.4 Å². The summed E-state index contributed by atoms with van der Waals surface area (Å²) < 4.78 is 3.69. The molecule has 0 bridgehead atoms. The average molecular weight is 359 g/mol. The van der Waals surface area contributed by atoms with Crippen LogP contribution < -0.4 is 4.90 Å². The molecular weight excluding hydrogens is 338 g/mol. The smallest absolute Gasteiger partial charge is 0.153 e. The number of rotatable bonds is 2. The maximum atomic E-state index is 4.78. The van der Waals surface area contributed by atoms with E-state index in [-0.39, 0.29) is 0 Å². The van der Waals surface area contributed by atoms with Crippen LogP contribution in [0.1, 0.15) is 22.5 Å². The Kier molecular flexibility index (Phi) is 3.50. The van der Waals surface area contributed by atoms with E-state index in [1.54, 1.807) is 6.20 Å². The summed E-state index contributed by atoms with van der Waals surface area (Å²) in [7, 11) is 1.95. The number of hydrogen-bond donors (Lipinski definition) is 0. The molecule has 4 aromatic heterocycles. The van der Waals surface area contributed by atoms with Crippen LogP contribution in [-0.2, 0) is 20.0 Å². The molecule has 0 fully saturated rings. The Morgan fingerprint density at radius 1 is 1.07 bits per heavy atom. The van der Waals surface area contributed by atoms with Gasteiger partial charge in [0.25, 0.3) is 0 Å². The number of pyridine rings is 1. The van der Waals surface area contributed by atoms with Gasteiger partial charge < -0.3 is 4.90 Å². The van der Waals surface area contributed by atoms with Gasteiger partial charge in [-0.15, -0.1) is 5.10 Å². The molecule has 1 aliphatic heterocycles. The molecular formula is C20H21N7. The van der Waals surface area contributed by atoms with E-state index >= 15 is 0 Å². The molecule has 0 aromatic carbocycles. The molecule has 136 valence electrons. The molecule has 4 aromatic rings. The second kappa shape index (κ2) is 5.90. The van der Waals surface area contributed by atoms with Crippen molar-refractivity contribution in [1.82, 2.24) is 29.4 Å². The zero-order valence-electron chi connectivity index (χ0n) is 15.7. The molecule has 27 heavy (non-hydrogen) atoms. The highest BCUT2D eigenvalue weighted by atomic mass is 15.3. The van der Waals surface area contributed by atoms with Crippen LogP contribution in [0, 0.1) is 13.8 Å². The van der Waals surface area contributed by atoms with E-state index in [2.05, 4.69) is 40.2 Å². The summed E-state index contributed by atoms with van der Waals surface area (Å²) in [5, 5.41) is 9.23. The Labute approximate surface area is 157 Å². The quantitative estimate of drug-likeness (QED) is 0.551. The van der Waals surface area contributed by atoms with Gasteiger partial charge in [-0.05, 0) is 37.1 Å². The van der Waals surface area contributed by atoms with Crippen molar-refractivity contribution >= 4 is 11.5 Å². The number of imidazole rings is 1. The maximum absolute atomic E-state index is 4.78. The molecule has 7 heteroatoms. The highest BCUT2D eigenvalue weighted by Crippen LogP contribution is 2.29. The lowest BCUT2D eigenvalue weighted by Gasteiger charge is -2.30. The largest absolute Gasteiger partial charge is 0.350 e. The second-order valence-corrected chi connectivity index (χ2v) is 7.18. The molecule has 0 saturated carbocycles. The molecule has 0 aliphatic carbocycles. The van der Waals surface area contributed by atoms with Crippen LogP contribution in [0.2, 0.25) is 0 Å². The van der Waals surface area contributed by atoms with Crippen LogP contribution in [0.25, 0.3) is 16.8 Å². The predicted molar refractivity (Wildman–Crippen MR) is 104 cm³/mol. The fraction of sp³-hybridized carbons (Fsp3) is 0.300. The van der Waals surface area contributed by atoms with Gasteiger partial charge in [0.2, 0.25) is 0 Å². The van der Waals surface area contributed by atoms with Crippen molar-refractivity contribution in [2.24, 2.45) is 7.05 Å². The normalized spacial score (nSPS) is 14.0. The third-order valence-electron chi connectivity index (χ3n) is 5.21. The van der Waals surface area contributed by atoms with Crippen LogP contribution in [0.4, 0.5) is 5.82 Å². The second-order valence-electron chi connectivity index (χ2n) is 7.18. The van der Waals surface area contributed by atoms with Gasteiger partial charge in [-0.3, -0.25) is 9.67 Å². The fourth-order valence-corrected chi connectivity index (χ4v) is 3.89. The SMILES string of the molecule is Cc1cc2nccn2nc1N1CCc2ncc(-c3cn(C)nc3C)cc2C1. The number of hydrogen-bond acceptors (Lipinski definition) is 5. The summed E-state index contributed by atoms with van der Waals surface area (Å²) in [6.45, 7) is 5.86. The lowest BCUT2D eigenvalue weighted by Crippen LogP contribution is -2.32. The fourth-order valence-electron chi connectivity index (χ4n) is 3.89. The third kappa shape index (κ3) is 2.66. The summed E-state index contributed by atoms with van der Waals surface area (Å²) in [6, 6.07) is 4.34. The monoisotopic (exact) mass is 359 g/mol. The standard InChI is InChI=1S/C20H21N7/c1-13-8-19-21-5-7-27(19)24-20(13)26-6-4-18-16(11-26)9-15(10-22-18)17-12-25(3)23-14(17)2/h5,7-10,12H,4,6,11H2,1-3H3. The highest BCUT2D eigenvalue weighted by Gasteiger charge is 2.21. The Morgan fingerprint density at radius 3 is 2.78 bits per heavy atom. The van der Waals surface area contributed by atoms with Gasteiger partial charge in [-0.1, -0.05) is 0 Å². The first-order valence-corrected chi connectivity index (χ1v) is 9.13. The Morgan fingerprint density at radius 2 is 1.96 bits per heavy atom. The molecule has 7 nitrogen and oxygen atoms in total. The highest BCUT2D eigenvalue weighted by molar-refractivity contribution is 5.66. The zero-order chi connectivity index (χ0) is 18.5. The first-order chi connectivity index (χ1) is 13.1. The van der Waals surface area contributed by atoms with Crippen LogP contribution in [-0.4, -0.2) is 35.9 Å². The van der Waals surface area contributed by atoms with E-state index < -0.39 is 0 Å². The van der Waals surface area contributed by atoms with E-state index in [1.165, 1.54) is 11.3 Å². The summed E-state index contributed by atoms with van der Waals surface area (Å²) >= 11 is 0. The van der Waals surface area contributed by atoms with Gasteiger partial charge in [-0.2, -0.15) is 5.10 Å². The molecule has 1 aliphatic rings. The number of anilines is 1. The topological polar surface area (TPSA) is 64.1 Å². The lowest BCUT2D eigenvalue weighted by molar-refractivity contribution is 0.689. The molecule has 0 atom stereocenters. The van der Waals surface area contributed by atoms with Crippen molar-refractivity contribution in [2.45, 2.75) is 26.8 Å². The number of aromatic nitrogens is 6. The van der Waals surface area contributed by atoms with Crippen molar-refractivity contribution in [1.29, 1.82) is 0 Å². The van der Waals surface area contributed by atoms with Crippen molar-refractivity contribution in [3.05, 3.63) is 59.4 Å². The average Bonchev–Trinajstić information content (AvgIpc) is 3.25. The first kappa shape index (κ1) is 16.0. The van der Waals surface area contributed by atoms with E-state index in [0.717, 1.165) is 53.4 Å². The summed E-state index contributed by atoms with van der Waals surface area (Å²) in [6.07, 6.45) is 8.62. The Hall–Kier alpha value is -3.22. The van der Waals surface area contributed by atoms with Gasteiger partial charge in [0, 0.05) is 68.2 Å².